The van der Waals surface area contributed by atoms with Crippen LogP contribution in [0, 0.1) is 11.3 Å². The number of carboxylic acid groups (broad SMARTS) is 1. The second kappa shape index (κ2) is 3.14. The first kappa shape index (κ1) is 7.72. The first-order chi connectivity index (χ1) is 5.24. The number of aliphatic carboxylic acids is 1. The van der Waals surface area contributed by atoms with Crippen LogP contribution in [0.3, 0.4) is 0 Å². The quantitative estimate of drug-likeness (QED) is 0.583. The van der Waals surface area contributed by atoms with Gasteiger partial charge >= 0.3 is 5.97 Å². The molecule has 1 unspecified atom stereocenters. The third-order valence-electron chi connectivity index (χ3n) is 1.59. The number of hydrogen-bond donors (Lipinski definition) is 2. The average Bonchev–Trinajstić information content (AvgIpc) is 2.05. The van der Waals surface area contributed by atoms with Crippen LogP contribution < -0.4 is 0 Å². The minimum absolute atomic E-state index is 0.0816. The molecule has 1 rings (SSSR count). The van der Waals surface area contributed by atoms with Crippen LogP contribution in [0.4, 0.5) is 0 Å². The van der Waals surface area contributed by atoms with Crippen LogP contribution in [0.25, 0.3) is 0 Å². The van der Waals surface area contributed by atoms with Crippen molar-refractivity contribution in [1.82, 2.24) is 0 Å². The van der Waals surface area contributed by atoms with Crippen LogP contribution in [0.5, 0.6) is 0 Å². The Morgan fingerprint density at radius 2 is 2.55 bits per heavy atom. The van der Waals surface area contributed by atoms with Crippen molar-refractivity contribution in [3.63, 3.8) is 0 Å². The molecular weight excluding hydrogens is 142 g/mol. The van der Waals surface area contributed by atoms with Gasteiger partial charge in [0, 0.05) is 12.1 Å². The SMILES string of the molecule is N=CC1C=CC(C(=O)O)=CC1. The van der Waals surface area contributed by atoms with E-state index in [-0.39, 0.29) is 5.92 Å². The van der Waals surface area contributed by atoms with E-state index in [9.17, 15) is 4.79 Å². The molecule has 0 spiro atoms. The lowest BCUT2D eigenvalue weighted by atomic mass is 9.98. The molecule has 0 bridgehead atoms. The van der Waals surface area contributed by atoms with Gasteiger partial charge in [-0.2, -0.15) is 0 Å². The van der Waals surface area contributed by atoms with Crippen molar-refractivity contribution in [3.8, 4) is 0 Å². The molecule has 0 heterocycles. The first-order valence-corrected chi connectivity index (χ1v) is 3.36. The molecule has 0 aromatic carbocycles. The number of allylic oxidation sites excluding steroid dienone is 2. The number of carbonyl (C=O) groups is 1. The highest BCUT2D eigenvalue weighted by Gasteiger charge is 2.09. The van der Waals surface area contributed by atoms with Gasteiger partial charge in [0.25, 0.3) is 0 Å². The summed E-state index contributed by atoms with van der Waals surface area (Å²) in [7, 11) is 0. The van der Waals surface area contributed by atoms with Gasteiger partial charge in [0.15, 0.2) is 0 Å². The second-order valence-electron chi connectivity index (χ2n) is 2.39. The average molecular weight is 151 g/mol. The van der Waals surface area contributed by atoms with E-state index in [0.717, 1.165) is 0 Å². The van der Waals surface area contributed by atoms with Crippen molar-refractivity contribution >= 4 is 12.2 Å². The van der Waals surface area contributed by atoms with E-state index < -0.39 is 5.97 Å². The van der Waals surface area contributed by atoms with Crippen LogP contribution in [0.2, 0.25) is 0 Å². The van der Waals surface area contributed by atoms with Crippen molar-refractivity contribution in [3.05, 3.63) is 23.8 Å². The molecule has 0 aromatic heterocycles. The minimum Gasteiger partial charge on any atom is -0.478 e. The van der Waals surface area contributed by atoms with E-state index in [0.29, 0.717) is 12.0 Å². The smallest absolute Gasteiger partial charge is 0.335 e. The van der Waals surface area contributed by atoms with E-state index in [4.69, 9.17) is 10.5 Å². The van der Waals surface area contributed by atoms with E-state index in [1.807, 2.05) is 0 Å². The van der Waals surface area contributed by atoms with Gasteiger partial charge in [-0.05, 0) is 6.42 Å². The normalized spacial score (nSPS) is 22.5. The highest BCUT2D eigenvalue weighted by atomic mass is 16.4. The molecule has 0 aromatic rings. The van der Waals surface area contributed by atoms with Gasteiger partial charge in [-0.25, -0.2) is 4.79 Å². The summed E-state index contributed by atoms with van der Waals surface area (Å²) >= 11 is 0. The van der Waals surface area contributed by atoms with Gasteiger partial charge in [-0.15, -0.1) is 0 Å². The summed E-state index contributed by atoms with van der Waals surface area (Å²) in [4.78, 5) is 10.4. The summed E-state index contributed by atoms with van der Waals surface area (Å²) in [5.74, 6) is -0.817. The predicted molar refractivity (Wildman–Crippen MR) is 41.7 cm³/mol. The fraction of sp³-hybridized carbons (Fsp3) is 0.250. The molecule has 58 valence electrons. The van der Waals surface area contributed by atoms with Crippen molar-refractivity contribution in [2.24, 2.45) is 5.92 Å². The summed E-state index contributed by atoms with van der Waals surface area (Å²) in [6, 6.07) is 0. The summed E-state index contributed by atoms with van der Waals surface area (Å²) in [5, 5.41) is 15.4. The summed E-state index contributed by atoms with van der Waals surface area (Å²) < 4.78 is 0. The zero-order valence-electron chi connectivity index (χ0n) is 5.95. The largest absolute Gasteiger partial charge is 0.478 e. The van der Waals surface area contributed by atoms with E-state index in [1.54, 1.807) is 18.2 Å². The van der Waals surface area contributed by atoms with Crippen molar-refractivity contribution < 1.29 is 9.90 Å². The third kappa shape index (κ3) is 1.77. The lowest BCUT2D eigenvalue weighted by Crippen LogP contribution is -2.05. The molecule has 0 aliphatic heterocycles. The van der Waals surface area contributed by atoms with E-state index in [2.05, 4.69) is 0 Å². The Morgan fingerprint density at radius 1 is 1.82 bits per heavy atom. The molecule has 0 radical (unpaired) electrons. The molecule has 3 heteroatoms. The fourth-order valence-electron chi connectivity index (χ4n) is 0.919. The van der Waals surface area contributed by atoms with Gasteiger partial charge in [-0.1, -0.05) is 18.2 Å². The third-order valence-corrected chi connectivity index (χ3v) is 1.59. The van der Waals surface area contributed by atoms with Gasteiger partial charge < -0.3 is 10.5 Å². The zero-order chi connectivity index (χ0) is 8.27. The lowest BCUT2D eigenvalue weighted by molar-refractivity contribution is -0.132. The molecule has 3 nitrogen and oxygen atoms in total. The highest BCUT2D eigenvalue weighted by Crippen LogP contribution is 2.14. The summed E-state index contributed by atoms with van der Waals surface area (Å²) in [6.07, 6.45) is 6.85. The van der Waals surface area contributed by atoms with Crippen LogP contribution in [0.1, 0.15) is 6.42 Å². The molecule has 11 heavy (non-hydrogen) atoms. The van der Waals surface area contributed by atoms with Crippen LogP contribution in [-0.4, -0.2) is 17.3 Å². The molecule has 1 atom stereocenters. The maximum atomic E-state index is 10.4. The zero-order valence-corrected chi connectivity index (χ0v) is 5.95. The second-order valence-corrected chi connectivity index (χ2v) is 2.39. The number of rotatable bonds is 2. The van der Waals surface area contributed by atoms with Gasteiger partial charge in [-0.3, -0.25) is 0 Å². The van der Waals surface area contributed by atoms with E-state index >= 15 is 0 Å². The topological polar surface area (TPSA) is 61.2 Å². The van der Waals surface area contributed by atoms with Crippen molar-refractivity contribution in [2.75, 3.05) is 0 Å². The van der Waals surface area contributed by atoms with Crippen molar-refractivity contribution in [1.29, 1.82) is 5.41 Å². The first-order valence-electron chi connectivity index (χ1n) is 3.36. The molecular formula is C8H9NO2. The summed E-state index contributed by atoms with van der Waals surface area (Å²) in [6.45, 7) is 0. The van der Waals surface area contributed by atoms with Crippen LogP contribution in [0.15, 0.2) is 23.8 Å². The molecule has 1 aliphatic carbocycles. The van der Waals surface area contributed by atoms with Gasteiger partial charge in [0.2, 0.25) is 0 Å². The molecule has 0 amide bonds. The van der Waals surface area contributed by atoms with Crippen LogP contribution in [-0.2, 0) is 4.79 Å². The molecule has 0 saturated carbocycles. The Morgan fingerprint density at radius 3 is 2.91 bits per heavy atom. The van der Waals surface area contributed by atoms with Gasteiger partial charge in [0.1, 0.15) is 0 Å². The molecule has 1 aliphatic rings. The maximum absolute atomic E-state index is 10.4. The van der Waals surface area contributed by atoms with Crippen LogP contribution >= 0.6 is 0 Å². The number of carboxylic acids is 1. The fourth-order valence-corrected chi connectivity index (χ4v) is 0.919. The standard InChI is InChI=1S/C8H9NO2/c9-5-6-1-3-7(4-2-6)8(10)11/h1,3-6,9H,2H2,(H,10,11). The van der Waals surface area contributed by atoms with Gasteiger partial charge in [0.05, 0.1) is 5.57 Å². The van der Waals surface area contributed by atoms with E-state index in [1.165, 1.54) is 6.21 Å². The minimum atomic E-state index is -0.898. The Hall–Kier alpha value is -1.38. The predicted octanol–water partition coefficient (Wildman–Crippen LogP) is 1.22. The Bertz CT molecular complexity index is 240. The Labute approximate surface area is 64.5 Å². The maximum Gasteiger partial charge on any atom is 0.335 e. The van der Waals surface area contributed by atoms with Crippen molar-refractivity contribution in [2.45, 2.75) is 6.42 Å². The monoisotopic (exact) mass is 151 g/mol. The highest BCUT2D eigenvalue weighted by molar-refractivity contribution is 5.90. The molecule has 2 N–H and O–H groups in total. The molecule has 0 fully saturated rings. The lowest BCUT2D eigenvalue weighted by Gasteiger charge is -2.07. The Balaban J connectivity index is 2.66. The summed E-state index contributed by atoms with van der Waals surface area (Å²) in [5.41, 5.74) is 0.322. The number of nitrogens with one attached hydrogen (secondary N) is 1. The number of hydrogen-bond acceptors (Lipinski definition) is 2. The Kier molecular flexibility index (Phi) is 2.21. The molecule has 0 saturated heterocycles.